The van der Waals surface area contributed by atoms with Crippen molar-refractivity contribution in [3.63, 3.8) is 0 Å². The summed E-state index contributed by atoms with van der Waals surface area (Å²) in [5.74, 6) is -2.95. The summed E-state index contributed by atoms with van der Waals surface area (Å²) in [6.07, 6.45) is -0.984. The maximum absolute atomic E-state index is 13.3. The highest BCUT2D eigenvalue weighted by Gasteiger charge is 2.38. The number of hydrogen-bond donors (Lipinski definition) is 3. The van der Waals surface area contributed by atoms with Crippen molar-refractivity contribution in [2.45, 2.75) is 55.8 Å². The number of nitrogens with two attached hydrogens (primary N) is 2. The first-order valence-corrected chi connectivity index (χ1v) is 13.5. The Hall–Kier alpha value is -3.48. The molecule has 40 heavy (non-hydrogen) atoms. The number of amides is 1. The Morgan fingerprint density at radius 3 is 2.27 bits per heavy atom. The third-order valence-electron chi connectivity index (χ3n) is 5.88. The number of rotatable bonds is 11. The number of fused-ring (bicyclic) bond motifs is 1. The zero-order chi connectivity index (χ0) is 29.7. The summed E-state index contributed by atoms with van der Waals surface area (Å²) < 4.78 is 31.7. The van der Waals surface area contributed by atoms with Crippen LogP contribution < -0.4 is 11.5 Å². The van der Waals surface area contributed by atoms with Crippen molar-refractivity contribution in [2.24, 2.45) is 11.5 Å². The molecule has 216 valence electrons. The highest BCUT2D eigenvalue weighted by molar-refractivity contribution is 8.13. The van der Waals surface area contributed by atoms with Gasteiger partial charge in [-0.05, 0) is 68.6 Å². The quantitative estimate of drug-likeness (QED) is 0.285. The third-order valence-corrected chi connectivity index (χ3v) is 6.82. The number of aliphatic carboxylic acids is 1. The summed E-state index contributed by atoms with van der Waals surface area (Å²) in [6.45, 7) is 2.75. The molecule has 0 saturated heterocycles. The SMILES string of the molecule is CCN(C(=O)[C@@H](N)CCc1ccccc1)[C@@H](CCCN)C(=O)Sc1cnc2ccccc2c1.O=C(O)C(F)(F)F. The Kier molecular flexibility index (Phi) is 13.0. The summed E-state index contributed by atoms with van der Waals surface area (Å²) in [5, 5.41) is 8.01. The highest BCUT2D eigenvalue weighted by Crippen LogP contribution is 2.26. The molecule has 1 aromatic heterocycles. The summed E-state index contributed by atoms with van der Waals surface area (Å²) in [6, 6.07) is 18.4. The van der Waals surface area contributed by atoms with Gasteiger partial charge >= 0.3 is 12.1 Å². The summed E-state index contributed by atoms with van der Waals surface area (Å²) in [7, 11) is 0. The summed E-state index contributed by atoms with van der Waals surface area (Å²) >= 11 is 1.12. The van der Waals surface area contributed by atoms with Gasteiger partial charge in [-0.1, -0.05) is 48.5 Å². The number of pyridine rings is 1. The minimum absolute atomic E-state index is 0.0917. The molecule has 0 aliphatic heterocycles. The first kappa shape index (κ1) is 32.7. The average Bonchev–Trinajstić information content (AvgIpc) is 2.94. The second kappa shape index (κ2) is 15.9. The van der Waals surface area contributed by atoms with E-state index in [1.165, 1.54) is 0 Å². The number of hydrogen-bond acceptors (Lipinski definition) is 7. The fraction of sp³-hybridized carbons (Fsp3) is 0.357. The molecule has 0 bridgehead atoms. The number of carbonyl (C=O) groups is 3. The summed E-state index contributed by atoms with van der Waals surface area (Å²) in [5.41, 5.74) is 14.0. The van der Waals surface area contributed by atoms with Gasteiger partial charge in [0, 0.05) is 23.0 Å². The second-order valence-electron chi connectivity index (χ2n) is 8.79. The maximum Gasteiger partial charge on any atom is 0.490 e. The van der Waals surface area contributed by atoms with Crippen molar-refractivity contribution in [2.75, 3.05) is 13.1 Å². The molecule has 5 N–H and O–H groups in total. The number of alkyl halides is 3. The Balaban J connectivity index is 0.000000708. The van der Waals surface area contributed by atoms with Crippen LogP contribution in [-0.2, 0) is 20.8 Å². The van der Waals surface area contributed by atoms with E-state index in [-0.39, 0.29) is 11.0 Å². The smallest absolute Gasteiger partial charge is 0.475 e. The molecule has 1 amide bonds. The number of nitrogens with zero attached hydrogens (tertiary/aromatic N) is 2. The molecule has 8 nitrogen and oxygen atoms in total. The fourth-order valence-electron chi connectivity index (χ4n) is 3.84. The van der Waals surface area contributed by atoms with E-state index in [0.717, 1.165) is 33.1 Å². The van der Waals surface area contributed by atoms with Crippen molar-refractivity contribution < 1.29 is 32.7 Å². The highest BCUT2D eigenvalue weighted by atomic mass is 32.2. The average molecular weight is 579 g/mol. The van der Waals surface area contributed by atoms with E-state index < -0.39 is 24.2 Å². The molecule has 0 aliphatic rings. The van der Waals surface area contributed by atoms with Gasteiger partial charge in [0.25, 0.3) is 0 Å². The number of carbonyl (C=O) groups excluding carboxylic acids is 2. The van der Waals surface area contributed by atoms with Crippen LogP contribution in [0.4, 0.5) is 13.2 Å². The lowest BCUT2D eigenvalue weighted by Crippen LogP contribution is -2.51. The molecule has 3 rings (SSSR count). The largest absolute Gasteiger partial charge is 0.490 e. The van der Waals surface area contributed by atoms with E-state index in [1.807, 2.05) is 67.6 Å². The van der Waals surface area contributed by atoms with Gasteiger partial charge in [0.1, 0.15) is 6.04 Å². The molecule has 1 heterocycles. The van der Waals surface area contributed by atoms with Crippen LogP contribution in [0.5, 0.6) is 0 Å². The van der Waals surface area contributed by atoms with Crippen LogP contribution in [0.15, 0.2) is 71.8 Å². The Morgan fingerprint density at radius 1 is 1.05 bits per heavy atom. The minimum Gasteiger partial charge on any atom is -0.475 e. The number of thioether (sulfide) groups is 1. The van der Waals surface area contributed by atoms with E-state index in [0.29, 0.717) is 38.8 Å². The monoisotopic (exact) mass is 578 g/mol. The summed E-state index contributed by atoms with van der Waals surface area (Å²) in [4.78, 5) is 42.3. The standard InChI is InChI=1S/C26H32N4O2S.C2HF3O2/c1-2-30(25(31)22(28)15-14-19-9-4-3-5-10-19)24(13-8-16-27)26(32)33-21-17-20-11-6-7-12-23(20)29-18-21;3-2(4,5)1(6)7/h3-7,9-12,17-18,22,24H,2,8,13-16,27-28H2,1H3;(H,6,7)/t22-,24-;/m0./s1. The second-order valence-corrected chi connectivity index (χ2v) is 9.87. The van der Waals surface area contributed by atoms with Gasteiger partial charge in [-0.15, -0.1) is 0 Å². The normalized spacial score (nSPS) is 12.7. The molecule has 3 aromatic rings. The number of benzene rings is 2. The van der Waals surface area contributed by atoms with Crippen molar-refractivity contribution >= 4 is 39.7 Å². The van der Waals surface area contributed by atoms with Crippen molar-refractivity contribution in [1.82, 2.24) is 9.88 Å². The number of carboxylic acid groups (broad SMARTS) is 1. The molecule has 0 aliphatic carbocycles. The number of carboxylic acids is 1. The van der Waals surface area contributed by atoms with E-state index in [1.54, 1.807) is 11.1 Å². The van der Waals surface area contributed by atoms with Gasteiger partial charge < -0.3 is 21.5 Å². The topological polar surface area (TPSA) is 140 Å². The first-order valence-electron chi connectivity index (χ1n) is 12.6. The molecule has 0 fully saturated rings. The van der Waals surface area contributed by atoms with E-state index in [9.17, 15) is 22.8 Å². The molecule has 0 saturated carbocycles. The van der Waals surface area contributed by atoms with E-state index in [2.05, 4.69) is 4.98 Å². The van der Waals surface area contributed by atoms with Crippen LogP contribution in [0.2, 0.25) is 0 Å². The van der Waals surface area contributed by atoms with E-state index >= 15 is 0 Å². The first-order chi connectivity index (χ1) is 19.0. The predicted molar refractivity (Wildman–Crippen MR) is 148 cm³/mol. The number of halogens is 3. The zero-order valence-electron chi connectivity index (χ0n) is 22.0. The maximum atomic E-state index is 13.3. The van der Waals surface area contributed by atoms with Crippen LogP contribution in [-0.4, -0.2) is 63.3 Å². The van der Waals surface area contributed by atoms with Crippen LogP contribution in [0.25, 0.3) is 10.9 Å². The lowest BCUT2D eigenvalue weighted by Gasteiger charge is -2.31. The Labute approximate surface area is 234 Å². The lowest BCUT2D eigenvalue weighted by atomic mass is 10.0. The van der Waals surface area contributed by atoms with Crippen LogP contribution >= 0.6 is 11.8 Å². The van der Waals surface area contributed by atoms with Gasteiger partial charge in [-0.3, -0.25) is 14.6 Å². The van der Waals surface area contributed by atoms with Crippen molar-refractivity contribution in [1.29, 1.82) is 0 Å². The Bertz CT molecular complexity index is 1260. The van der Waals surface area contributed by atoms with Gasteiger partial charge in [0.05, 0.1) is 11.6 Å². The number of aromatic nitrogens is 1. The predicted octanol–water partition coefficient (Wildman–Crippen LogP) is 4.40. The zero-order valence-corrected chi connectivity index (χ0v) is 22.8. The van der Waals surface area contributed by atoms with Gasteiger partial charge in [-0.2, -0.15) is 13.2 Å². The van der Waals surface area contributed by atoms with E-state index in [4.69, 9.17) is 21.4 Å². The van der Waals surface area contributed by atoms with Crippen LogP contribution in [0, 0.1) is 0 Å². The Morgan fingerprint density at radius 2 is 1.68 bits per heavy atom. The molecule has 0 spiro atoms. The molecule has 2 aromatic carbocycles. The van der Waals surface area contributed by atoms with Crippen LogP contribution in [0.3, 0.4) is 0 Å². The molecular weight excluding hydrogens is 545 g/mol. The molecule has 0 unspecified atom stereocenters. The number of likely N-dealkylation sites (N-methyl/N-ethyl adjacent to an activating group) is 1. The molecule has 12 heteroatoms. The molecular formula is C28H33F3N4O4S. The number of aryl methyl sites for hydroxylation is 1. The van der Waals surface area contributed by atoms with Crippen molar-refractivity contribution in [3.8, 4) is 0 Å². The third kappa shape index (κ3) is 10.2. The van der Waals surface area contributed by atoms with Gasteiger partial charge in [0.15, 0.2) is 0 Å². The minimum atomic E-state index is -5.08. The van der Waals surface area contributed by atoms with Crippen LogP contribution in [0.1, 0.15) is 31.7 Å². The van der Waals surface area contributed by atoms with Gasteiger partial charge in [-0.25, -0.2) is 4.79 Å². The van der Waals surface area contributed by atoms with Crippen molar-refractivity contribution in [3.05, 3.63) is 72.4 Å². The molecule has 2 atom stereocenters. The number of para-hydroxylation sites is 1. The lowest BCUT2D eigenvalue weighted by molar-refractivity contribution is -0.192. The fourth-order valence-corrected chi connectivity index (χ4v) is 4.74. The van der Waals surface area contributed by atoms with Gasteiger partial charge in [0.2, 0.25) is 11.0 Å². The molecule has 0 radical (unpaired) electrons.